The van der Waals surface area contributed by atoms with Gasteiger partial charge in [0.05, 0.1) is 41.8 Å². The van der Waals surface area contributed by atoms with Gasteiger partial charge >= 0.3 is 0 Å². The number of piperidine rings is 1. The van der Waals surface area contributed by atoms with Crippen molar-refractivity contribution in [1.82, 2.24) is 15.0 Å². The van der Waals surface area contributed by atoms with Crippen molar-refractivity contribution in [3.8, 4) is 16.3 Å². The SMILES string of the molecule is COc1ccc(-c2cc3c(s2)CCOC32CCN(C(=O)c3cc(C)no3)CC2)nc1. The highest BCUT2D eigenvalue weighted by Gasteiger charge is 2.43. The van der Waals surface area contributed by atoms with Crippen LogP contribution in [0.3, 0.4) is 0 Å². The minimum atomic E-state index is -0.330. The van der Waals surface area contributed by atoms with E-state index < -0.39 is 0 Å². The third-order valence-corrected chi connectivity index (χ3v) is 7.15. The maximum absolute atomic E-state index is 12.7. The zero-order chi connectivity index (χ0) is 20.7. The Hall–Kier alpha value is -2.71. The number of rotatable bonds is 3. The third kappa shape index (κ3) is 3.30. The summed E-state index contributed by atoms with van der Waals surface area (Å²) in [6.45, 7) is 3.78. The van der Waals surface area contributed by atoms with Crippen molar-refractivity contribution in [2.24, 2.45) is 0 Å². The number of aromatic nitrogens is 2. The van der Waals surface area contributed by atoms with Gasteiger partial charge < -0.3 is 18.9 Å². The number of methoxy groups -OCH3 is 1. The molecule has 30 heavy (non-hydrogen) atoms. The first-order valence-electron chi connectivity index (χ1n) is 10.1. The standard InChI is InChI=1S/C22H23N3O4S/c1-14-11-18(29-24-14)21(26)25-8-6-22(7-9-25)16-12-20(30-19(16)5-10-28-22)17-4-3-15(27-2)13-23-17/h3-4,11-13H,5-10H2,1-2H3. The van der Waals surface area contributed by atoms with Crippen molar-refractivity contribution in [2.75, 3.05) is 26.8 Å². The molecule has 3 aromatic rings. The molecular formula is C22H23N3O4S. The van der Waals surface area contributed by atoms with Gasteiger partial charge in [0.2, 0.25) is 5.76 Å². The van der Waals surface area contributed by atoms with E-state index in [1.54, 1.807) is 30.7 Å². The van der Waals surface area contributed by atoms with E-state index in [9.17, 15) is 4.79 Å². The Morgan fingerprint density at radius 2 is 2.10 bits per heavy atom. The number of aryl methyl sites for hydroxylation is 1. The van der Waals surface area contributed by atoms with Crippen LogP contribution in [0.5, 0.6) is 5.75 Å². The first kappa shape index (κ1) is 19.3. The summed E-state index contributed by atoms with van der Waals surface area (Å²) in [6.07, 6.45) is 4.20. The number of carbonyl (C=O) groups is 1. The topological polar surface area (TPSA) is 77.7 Å². The molecule has 0 atom stereocenters. The predicted molar refractivity (Wildman–Crippen MR) is 112 cm³/mol. The average molecular weight is 426 g/mol. The van der Waals surface area contributed by atoms with Crippen LogP contribution in [0.15, 0.2) is 35.0 Å². The highest BCUT2D eigenvalue weighted by molar-refractivity contribution is 7.15. The molecule has 156 valence electrons. The largest absolute Gasteiger partial charge is 0.495 e. The van der Waals surface area contributed by atoms with E-state index >= 15 is 0 Å². The minimum absolute atomic E-state index is 0.102. The molecule has 0 saturated carbocycles. The summed E-state index contributed by atoms with van der Waals surface area (Å²) >= 11 is 1.79. The molecule has 0 aromatic carbocycles. The van der Waals surface area contributed by atoms with E-state index in [1.165, 1.54) is 10.4 Å². The number of hydrogen-bond acceptors (Lipinski definition) is 7. The fourth-order valence-corrected chi connectivity index (χ4v) is 5.50. The van der Waals surface area contributed by atoms with Crippen LogP contribution in [0.1, 0.15) is 39.5 Å². The Morgan fingerprint density at radius 1 is 1.27 bits per heavy atom. The zero-order valence-electron chi connectivity index (χ0n) is 17.0. The van der Waals surface area contributed by atoms with Crippen molar-refractivity contribution >= 4 is 17.2 Å². The molecule has 0 aliphatic carbocycles. The molecule has 1 spiro atoms. The second-order valence-corrected chi connectivity index (χ2v) is 8.89. The molecule has 2 aliphatic rings. The lowest BCUT2D eigenvalue weighted by atomic mass is 9.82. The number of hydrogen-bond donors (Lipinski definition) is 0. The fraction of sp³-hybridized carbons (Fsp3) is 0.409. The normalized spacial score (nSPS) is 17.7. The first-order valence-corrected chi connectivity index (χ1v) is 10.9. The summed E-state index contributed by atoms with van der Waals surface area (Å²) in [6, 6.07) is 7.84. The molecule has 1 saturated heterocycles. The smallest absolute Gasteiger partial charge is 0.292 e. The number of ether oxygens (including phenoxy) is 2. The maximum atomic E-state index is 12.7. The van der Waals surface area contributed by atoms with E-state index in [0.717, 1.165) is 35.6 Å². The molecule has 5 heterocycles. The summed E-state index contributed by atoms with van der Waals surface area (Å²) in [4.78, 5) is 21.6. The van der Waals surface area contributed by atoms with Crippen LogP contribution in [-0.4, -0.2) is 47.8 Å². The lowest BCUT2D eigenvalue weighted by Gasteiger charge is -2.43. The second-order valence-electron chi connectivity index (χ2n) is 7.75. The van der Waals surface area contributed by atoms with Crippen LogP contribution in [0, 0.1) is 6.92 Å². The molecule has 0 radical (unpaired) electrons. The van der Waals surface area contributed by atoms with Gasteiger partial charge in [-0.25, -0.2) is 0 Å². The van der Waals surface area contributed by atoms with Crippen LogP contribution in [-0.2, 0) is 16.8 Å². The third-order valence-electron chi connectivity index (χ3n) is 5.93. The number of pyridine rings is 1. The van der Waals surface area contributed by atoms with Gasteiger partial charge in [-0.05, 0) is 43.5 Å². The van der Waals surface area contributed by atoms with Crippen molar-refractivity contribution in [1.29, 1.82) is 0 Å². The van der Waals surface area contributed by atoms with Gasteiger partial charge in [0, 0.05) is 30.5 Å². The molecular weight excluding hydrogens is 402 g/mol. The van der Waals surface area contributed by atoms with Gasteiger partial charge in [0.25, 0.3) is 5.91 Å². The predicted octanol–water partition coefficient (Wildman–Crippen LogP) is 3.82. The number of thiophene rings is 1. The van der Waals surface area contributed by atoms with Crippen LogP contribution >= 0.6 is 11.3 Å². The Kier molecular flexibility index (Phi) is 4.83. The van der Waals surface area contributed by atoms with E-state index in [-0.39, 0.29) is 11.5 Å². The molecule has 3 aromatic heterocycles. The van der Waals surface area contributed by atoms with Crippen molar-refractivity contribution in [2.45, 2.75) is 31.8 Å². The zero-order valence-corrected chi connectivity index (χ0v) is 17.8. The molecule has 8 heteroatoms. The summed E-state index contributed by atoms with van der Waals surface area (Å²) in [7, 11) is 1.64. The Bertz CT molecular complexity index is 1060. The Balaban J connectivity index is 1.37. The first-order chi connectivity index (χ1) is 14.6. The van der Waals surface area contributed by atoms with Crippen LogP contribution in [0.4, 0.5) is 0 Å². The van der Waals surface area contributed by atoms with E-state index in [2.05, 4.69) is 16.2 Å². The quantitative estimate of drug-likeness (QED) is 0.635. The second kappa shape index (κ2) is 7.52. The van der Waals surface area contributed by atoms with Gasteiger partial charge in [-0.1, -0.05) is 5.16 Å². The molecule has 2 aliphatic heterocycles. The number of amides is 1. The van der Waals surface area contributed by atoms with E-state index in [0.29, 0.717) is 31.2 Å². The summed E-state index contributed by atoms with van der Waals surface area (Å²) in [5.74, 6) is 0.950. The van der Waals surface area contributed by atoms with E-state index in [1.807, 2.05) is 24.0 Å². The molecule has 0 bridgehead atoms. The maximum Gasteiger partial charge on any atom is 0.292 e. The monoisotopic (exact) mass is 425 g/mol. The number of nitrogens with zero attached hydrogens (tertiary/aromatic N) is 3. The van der Waals surface area contributed by atoms with Crippen molar-refractivity contribution in [3.05, 3.63) is 52.4 Å². The van der Waals surface area contributed by atoms with Gasteiger partial charge in [-0.3, -0.25) is 9.78 Å². The Morgan fingerprint density at radius 3 is 2.77 bits per heavy atom. The molecule has 1 amide bonds. The molecule has 0 N–H and O–H groups in total. The van der Waals surface area contributed by atoms with Crippen LogP contribution in [0.25, 0.3) is 10.6 Å². The average Bonchev–Trinajstić information content (AvgIpc) is 3.41. The van der Waals surface area contributed by atoms with Gasteiger partial charge in [0.1, 0.15) is 5.75 Å². The van der Waals surface area contributed by atoms with Crippen molar-refractivity contribution < 1.29 is 18.8 Å². The fourth-order valence-electron chi connectivity index (χ4n) is 4.29. The van der Waals surface area contributed by atoms with E-state index in [4.69, 9.17) is 14.0 Å². The van der Waals surface area contributed by atoms with Gasteiger partial charge in [0.15, 0.2) is 0 Å². The lowest BCUT2D eigenvalue weighted by molar-refractivity contribution is -0.0928. The highest BCUT2D eigenvalue weighted by Crippen LogP contribution is 2.46. The van der Waals surface area contributed by atoms with Crippen LogP contribution < -0.4 is 4.74 Å². The molecule has 5 rings (SSSR count). The summed E-state index contributed by atoms with van der Waals surface area (Å²) < 4.78 is 16.7. The Labute approximate surface area is 178 Å². The lowest BCUT2D eigenvalue weighted by Crippen LogP contribution is -2.48. The molecule has 7 nitrogen and oxygen atoms in total. The van der Waals surface area contributed by atoms with Crippen LogP contribution in [0.2, 0.25) is 0 Å². The minimum Gasteiger partial charge on any atom is -0.495 e. The van der Waals surface area contributed by atoms with Gasteiger partial charge in [-0.15, -0.1) is 11.3 Å². The molecule has 0 unspecified atom stereocenters. The summed E-state index contributed by atoms with van der Waals surface area (Å²) in [5.41, 5.74) is 2.58. The highest BCUT2D eigenvalue weighted by atomic mass is 32.1. The number of carbonyl (C=O) groups excluding carboxylic acids is 1. The number of likely N-dealkylation sites (tertiary alicyclic amines) is 1. The molecule has 1 fully saturated rings. The van der Waals surface area contributed by atoms with Crippen molar-refractivity contribution in [3.63, 3.8) is 0 Å². The summed E-state index contributed by atoms with van der Waals surface area (Å²) in [5, 5.41) is 3.83. The number of fused-ring (bicyclic) bond motifs is 2. The van der Waals surface area contributed by atoms with Gasteiger partial charge in [-0.2, -0.15) is 0 Å².